The molecule has 3 heteroatoms. The van der Waals surface area contributed by atoms with Gasteiger partial charge in [-0.15, -0.1) is 0 Å². The van der Waals surface area contributed by atoms with Gasteiger partial charge in [-0.3, -0.25) is 9.80 Å². The van der Waals surface area contributed by atoms with Crippen LogP contribution in [-0.2, 0) is 4.74 Å². The summed E-state index contributed by atoms with van der Waals surface area (Å²) in [4.78, 5) is 4.97. The van der Waals surface area contributed by atoms with E-state index in [9.17, 15) is 0 Å². The van der Waals surface area contributed by atoms with Crippen LogP contribution in [0.1, 0.15) is 13.3 Å². The summed E-state index contributed by atoms with van der Waals surface area (Å²) in [6.07, 6.45) is 1.53. The second-order valence-electron chi connectivity index (χ2n) is 3.66. The highest BCUT2D eigenvalue weighted by Crippen LogP contribution is 2.16. The average molecular weight is 170 g/mol. The normalized spacial score (nSPS) is 40.2. The van der Waals surface area contributed by atoms with Crippen LogP contribution in [0, 0.1) is 0 Å². The van der Waals surface area contributed by atoms with E-state index in [1.165, 1.54) is 26.2 Å². The summed E-state index contributed by atoms with van der Waals surface area (Å²) in [7, 11) is 0. The number of nitrogens with zero attached hydrogens (tertiary/aromatic N) is 2. The molecule has 3 rings (SSSR count). The van der Waals surface area contributed by atoms with Crippen molar-refractivity contribution >= 4 is 0 Å². The van der Waals surface area contributed by atoms with Gasteiger partial charge in [-0.2, -0.15) is 0 Å². The Morgan fingerprint density at radius 2 is 2.00 bits per heavy atom. The van der Waals surface area contributed by atoms with Gasteiger partial charge in [0.2, 0.25) is 0 Å². The third-order valence-corrected chi connectivity index (χ3v) is 2.74. The van der Waals surface area contributed by atoms with Crippen LogP contribution in [-0.4, -0.2) is 55.4 Å². The minimum atomic E-state index is 0.396. The molecule has 0 N–H and O–H groups in total. The van der Waals surface area contributed by atoms with Gasteiger partial charge in [-0.25, -0.2) is 0 Å². The predicted molar refractivity (Wildman–Crippen MR) is 48.0 cm³/mol. The highest BCUT2D eigenvalue weighted by Gasteiger charge is 2.31. The molecule has 1 atom stereocenters. The number of rotatable bonds is 3. The molecule has 0 aliphatic carbocycles. The first-order valence-electron chi connectivity index (χ1n) is 4.98. The van der Waals surface area contributed by atoms with Gasteiger partial charge in [0.15, 0.2) is 0 Å². The molecule has 0 spiro atoms. The maximum atomic E-state index is 5.75. The number of fused-ring (bicyclic) bond motifs is 3. The Kier molecular flexibility index (Phi) is 2.63. The molecule has 1 unspecified atom stereocenters. The van der Waals surface area contributed by atoms with Crippen LogP contribution in [0.5, 0.6) is 0 Å². The van der Waals surface area contributed by atoms with Crippen LogP contribution in [0.15, 0.2) is 0 Å². The molecule has 3 heterocycles. The number of hydrogen-bond donors (Lipinski definition) is 0. The summed E-state index contributed by atoms with van der Waals surface area (Å²) in [6.45, 7) is 9.09. The molecule has 3 saturated heterocycles. The minimum Gasteiger partial charge on any atom is -0.362 e. The lowest BCUT2D eigenvalue weighted by Crippen LogP contribution is -2.61. The first-order chi connectivity index (χ1) is 5.90. The largest absolute Gasteiger partial charge is 0.362 e. The van der Waals surface area contributed by atoms with E-state index in [0.29, 0.717) is 6.23 Å². The van der Waals surface area contributed by atoms with Crippen molar-refractivity contribution in [2.45, 2.75) is 19.6 Å². The average Bonchev–Trinajstić information content (AvgIpc) is 2.17. The fraction of sp³-hybridized carbons (Fsp3) is 1.00. The van der Waals surface area contributed by atoms with Crippen molar-refractivity contribution in [3.8, 4) is 0 Å². The van der Waals surface area contributed by atoms with Gasteiger partial charge in [0.25, 0.3) is 0 Å². The predicted octanol–water partition coefficient (Wildman–Crippen LogP) is 0.370. The number of hydrogen-bond acceptors (Lipinski definition) is 3. The van der Waals surface area contributed by atoms with Crippen LogP contribution in [0.25, 0.3) is 0 Å². The van der Waals surface area contributed by atoms with E-state index in [2.05, 4.69) is 16.7 Å². The second-order valence-corrected chi connectivity index (χ2v) is 3.66. The minimum absolute atomic E-state index is 0.396. The topological polar surface area (TPSA) is 15.7 Å². The summed E-state index contributed by atoms with van der Waals surface area (Å²) >= 11 is 0. The summed E-state index contributed by atoms with van der Waals surface area (Å²) in [5.41, 5.74) is 0. The lowest BCUT2D eigenvalue weighted by molar-refractivity contribution is -0.130. The molecule has 0 amide bonds. The number of piperazine rings is 3. The molecular weight excluding hydrogens is 152 g/mol. The maximum Gasteiger partial charge on any atom is 0.123 e. The lowest BCUT2D eigenvalue weighted by atomic mass is 10.2. The molecule has 3 fully saturated rings. The van der Waals surface area contributed by atoms with Crippen molar-refractivity contribution in [2.75, 3.05) is 39.3 Å². The summed E-state index contributed by atoms with van der Waals surface area (Å²) < 4.78 is 5.75. The fourth-order valence-electron chi connectivity index (χ4n) is 1.98. The van der Waals surface area contributed by atoms with Crippen molar-refractivity contribution in [3.05, 3.63) is 0 Å². The van der Waals surface area contributed by atoms with Crippen LogP contribution in [0.2, 0.25) is 0 Å². The Balaban J connectivity index is 1.82. The van der Waals surface area contributed by atoms with E-state index >= 15 is 0 Å². The molecular formula is C9H18N2O. The van der Waals surface area contributed by atoms with Crippen molar-refractivity contribution in [1.29, 1.82) is 0 Å². The first kappa shape index (κ1) is 8.48. The second kappa shape index (κ2) is 3.73. The van der Waals surface area contributed by atoms with Gasteiger partial charge in [0, 0.05) is 39.3 Å². The Hall–Kier alpha value is -0.120. The monoisotopic (exact) mass is 170 g/mol. The standard InChI is InChI=1S/C9H18N2O/c1-2-7-12-9-8-10-3-5-11(9)6-4-10/h9H,2-8H2,1H3. The van der Waals surface area contributed by atoms with E-state index in [4.69, 9.17) is 4.74 Å². The third kappa shape index (κ3) is 1.63. The fourth-order valence-corrected chi connectivity index (χ4v) is 1.98. The van der Waals surface area contributed by atoms with Crippen LogP contribution in [0.4, 0.5) is 0 Å². The Labute approximate surface area is 74.3 Å². The van der Waals surface area contributed by atoms with Gasteiger partial charge in [0.1, 0.15) is 6.23 Å². The zero-order valence-corrected chi connectivity index (χ0v) is 7.83. The van der Waals surface area contributed by atoms with Crippen LogP contribution in [0.3, 0.4) is 0 Å². The van der Waals surface area contributed by atoms with E-state index < -0.39 is 0 Å². The smallest absolute Gasteiger partial charge is 0.123 e. The Morgan fingerprint density at radius 1 is 1.25 bits per heavy atom. The van der Waals surface area contributed by atoms with Gasteiger partial charge < -0.3 is 4.74 Å². The van der Waals surface area contributed by atoms with Crippen molar-refractivity contribution < 1.29 is 4.74 Å². The van der Waals surface area contributed by atoms with Gasteiger partial charge in [-0.1, -0.05) is 6.92 Å². The molecule has 3 aliphatic rings. The van der Waals surface area contributed by atoms with Gasteiger partial charge in [0.05, 0.1) is 0 Å². The first-order valence-corrected chi connectivity index (χ1v) is 4.98. The summed E-state index contributed by atoms with van der Waals surface area (Å²) in [5, 5.41) is 0. The lowest BCUT2D eigenvalue weighted by Gasteiger charge is -2.46. The van der Waals surface area contributed by atoms with E-state index in [-0.39, 0.29) is 0 Å². The van der Waals surface area contributed by atoms with Crippen LogP contribution >= 0.6 is 0 Å². The Bertz CT molecular complexity index is 143. The van der Waals surface area contributed by atoms with Gasteiger partial charge >= 0.3 is 0 Å². The zero-order valence-electron chi connectivity index (χ0n) is 7.83. The molecule has 0 radical (unpaired) electrons. The highest BCUT2D eigenvalue weighted by atomic mass is 16.5. The molecule has 3 nitrogen and oxygen atoms in total. The van der Waals surface area contributed by atoms with E-state index in [0.717, 1.165) is 19.6 Å². The molecule has 3 aliphatic heterocycles. The van der Waals surface area contributed by atoms with Crippen LogP contribution < -0.4 is 0 Å². The number of ether oxygens (including phenoxy) is 1. The molecule has 2 bridgehead atoms. The Morgan fingerprint density at radius 3 is 2.50 bits per heavy atom. The third-order valence-electron chi connectivity index (χ3n) is 2.74. The van der Waals surface area contributed by atoms with Crippen molar-refractivity contribution in [2.24, 2.45) is 0 Å². The van der Waals surface area contributed by atoms with Crippen molar-refractivity contribution in [1.82, 2.24) is 9.80 Å². The maximum absolute atomic E-state index is 5.75. The molecule has 0 aromatic rings. The zero-order chi connectivity index (χ0) is 8.39. The quantitative estimate of drug-likeness (QED) is 0.608. The summed E-state index contributed by atoms with van der Waals surface area (Å²) in [6, 6.07) is 0. The van der Waals surface area contributed by atoms with Gasteiger partial charge in [-0.05, 0) is 6.42 Å². The molecule has 70 valence electrons. The van der Waals surface area contributed by atoms with Crippen molar-refractivity contribution in [3.63, 3.8) is 0 Å². The molecule has 0 aromatic carbocycles. The summed E-state index contributed by atoms with van der Waals surface area (Å²) in [5.74, 6) is 0. The van der Waals surface area contributed by atoms with E-state index in [1.54, 1.807) is 0 Å². The van der Waals surface area contributed by atoms with E-state index in [1.807, 2.05) is 0 Å². The highest BCUT2D eigenvalue weighted by molar-refractivity contribution is 4.83. The molecule has 12 heavy (non-hydrogen) atoms. The SMILES string of the molecule is CCCOC1CN2CCN1CC2. The molecule has 0 saturated carbocycles. The molecule has 0 aromatic heterocycles.